The molecular formula is C31H30ClF2N7O4S. The van der Waals surface area contributed by atoms with Crippen LogP contribution in [0.3, 0.4) is 0 Å². The lowest BCUT2D eigenvalue weighted by Gasteiger charge is -2.41. The molecule has 240 valence electrons. The van der Waals surface area contributed by atoms with Gasteiger partial charge in [-0.25, -0.2) is 13.6 Å². The number of hydrogen-bond donors (Lipinski definition) is 2. The Labute approximate surface area is 271 Å². The number of nitrogens with two attached hydrogens (primary N) is 1. The zero-order valence-electron chi connectivity index (χ0n) is 25.2. The fraction of sp³-hybridized carbons (Fsp3) is 0.419. The highest BCUT2D eigenvalue weighted by atomic mass is 35.5. The van der Waals surface area contributed by atoms with Gasteiger partial charge in [0, 0.05) is 43.0 Å². The minimum Gasteiger partial charge on any atom is -0.487 e. The summed E-state index contributed by atoms with van der Waals surface area (Å²) in [7, 11) is 3.59. The van der Waals surface area contributed by atoms with Gasteiger partial charge in [-0.2, -0.15) is 15.2 Å². The van der Waals surface area contributed by atoms with E-state index in [9.17, 15) is 14.4 Å². The predicted octanol–water partition coefficient (Wildman–Crippen LogP) is 5.17. The first-order valence-electron chi connectivity index (χ1n) is 14.9. The van der Waals surface area contributed by atoms with Gasteiger partial charge in [-0.1, -0.05) is 17.7 Å². The number of aromatic nitrogens is 2. The summed E-state index contributed by atoms with van der Waals surface area (Å²) in [5.41, 5.74) is 5.96. The summed E-state index contributed by atoms with van der Waals surface area (Å²) in [6.07, 6.45) is 1.08. The van der Waals surface area contributed by atoms with E-state index in [1.807, 2.05) is 20.0 Å². The fourth-order valence-electron chi connectivity index (χ4n) is 6.66. The molecule has 0 bridgehead atoms. The Morgan fingerprint density at radius 1 is 1.30 bits per heavy atom. The number of nitrogens with one attached hydrogen (secondary N) is 1. The zero-order valence-corrected chi connectivity index (χ0v) is 26.8. The molecule has 11 nitrogen and oxygen atoms in total. The number of likely N-dealkylation sites (N-methyl/N-ethyl adjacent to an activating group) is 1. The van der Waals surface area contributed by atoms with Crippen molar-refractivity contribution in [3.05, 3.63) is 34.4 Å². The molecule has 2 saturated heterocycles. The van der Waals surface area contributed by atoms with Crippen LogP contribution in [0.5, 0.6) is 17.6 Å². The van der Waals surface area contributed by atoms with Gasteiger partial charge >= 0.3 is 12.0 Å². The van der Waals surface area contributed by atoms with Gasteiger partial charge in [-0.05, 0) is 45.0 Å². The minimum atomic E-state index is -0.843. The molecule has 1 unspecified atom stereocenters. The SMILES string of the molecule is CNC(=O)N1CC(C2COc3c(Cl)c(-c4ccc(F)c5sc(N)c(C#N)c45)c(F)c4nc(O[C@@H](C)[C@@H]5CCCN5C)nc(c34)O2)C1. The summed E-state index contributed by atoms with van der Waals surface area (Å²) in [5.74, 6) is -1.42. The molecular weight excluding hydrogens is 640 g/mol. The Balaban J connectivity index is 1.39. The molecule has 3 aliphatic heterocycles. The van der Waals surface area contributed by atoms with E-state index in [1.165, 1.54) is 12.1 Å². The van der Waals surface area contributed by atoms with Gasteiger partial charge in [0.2, 0.25) is 5.88 Å². The third-order valence-electron chi connectivity index (χ3n) is 9.13. The molecule has 4 aromatic rings. The van der Waals surface area contributed by atoms with Crippen LogP contribution in [0.1, 0.15) is 25.3 Å². The fourth-order valence-corrected chi connectivity index (χ4v) is 7.94. The van der Waals surface area contributed by atoms with Gasteiger partial charge in [0.1, 0.15) is 46.6 Å². The van der Waals surface area contributed by atoms with E-state index in [0.29, 0.717) is 13.1 Å². The van der Waals surface area contributed by atoms with Crippen LogP contribution in [-0.2, 0) is 0 Å². The lowest BCUT2D eigenvalue weighted by atomic mass is 9.94. The molecule has 5 heterocycles. The quantitative estimate of drug-likeness (QED) is 0.295. The number of halogens is 3. The van der Waals surface area contributed by atoms with Gasteiger partial charge in [0.15, 0.2) is 11.6 Å². The maximum Gasteiger partial charge on any atom is 0.320 e. The number of hydrogen-bond acceptors (Lipinski definition) is 10. The van der Waals surface area contributed by atoms with Crippen molar-refractivity contribution in [2.24, 2.45) is 5.92 Å². The number of thiophene rings is 1. The van der Waals surface area contributed by atoms with E-state index in [-0.39, 0.29) is 96.0 Å². The van der Waals surface area contributed by atoms with Gasteiger partial charge in [0.05, 0.1) is 15.3 Å². The number of benzene rings is 2. The number of likely N-dealkylation sites (tertiary alicyclic amines) is 2. The largest absolute Gasteiger partial charge is 0.487 e. The van der Waals surface area contributed by atoms with Crippen LogP contribution in [0.2, 0.25) is 5.02 Å². The first-order valence-corrected chi connectivity index (χ1v) is 16.1. The van der Waals surface area contributed by atoms with Crippen molar-refractivity contribution >= 4 is 55.0 Å². The van der Waals surface area contributed by atoms with Gasteiger partial charge in [0.25, 0.3) is 0 Å². The van der Waals surface area contributed by atoms with Crippen LogP contribution >= 0.6 is 22.9 Å². The summed E-state index contributed by atoms with van der Waals surface area (Å²) in [6.45, 7) is 3.72. The monoisotopic (exact) mass is 669 g/mol. The second-order valence-electron chi connectivity index (χ2n) is 11.8. The molecule has 46 heavy (non-hydrogen) atoms. The van der Waals surface area contributed by atoms with E-state index in [0.717, 1.165) is 30.7 Å². The second kappa shape index (κ2) is 11.6. The van der Waals surface area contributed by atoms with Gasteiger partial charge in [-0.3, -0.25) is 4.90 Å². The Bertz CT molecular complexity index is 1950. The van der Waals surface area contributed by atoms with Crippen molar-refractivity contribution in [2.45, 2.75) is 38.0 Å². The molecule has 0 saturated carbocycles. The molecule has 3 atom stereocenters. The number of urea groups is 1. The summed E-state index contributed by atoms with van der Waals surface area (Å²) < 4.78 is 50.8. The number of carbonyl (C=O) groups is 1. The lowest BCUT2D eigenvalue weighted by Crippen LogP contribution is -2.58. The first kappa shape index (κ1) is 30.5. The van der Waals surface area contributed by atoms with E-state index in [4.69, 9.17) is 31.5 Å². The molecule has 7 rings (SSSR count). The van der Waals surface area contributed by atoms with Crippen molar-refractivity contribution in [1.29, 1.82) is 5.26 Å². The summed E-state index contributed by atoms with van der Waals surface area (Å²) >= 11 is 7.86. The molecule has 0 aliphatic carbocycles. The van der Waals surface area contributed by atoms with Gasteiger partial charge < -0.3 is 30.2 Å². The Kier molecular flexibility index (Phi) is 7.65. The van der Waals surface area contributed by atoms with E-state index in [2.05, 4.69) is 20.2 Å². The number of amides is 2. The highest BCUT2D eigenvalue weighted by Crippen LogP contribution is 2.51. The molecule has 3 N–H and O–H groups in total. The molecule has 0 spiro atoms. The maximum atomic E-state index is 16.9. The number of carbonyl (C=O) groups excluding carboxylic acids is 1. The smallest absolute Gasteiger partial charge is 0.320 e. The van der Waals surface area contributed by atoms with Crippen molar-refractivity contribution in [2.75, 3.05) is 46.1 Å². The molecule has 2 fully saturated rings. The minimum absolute atomic E-state index is 0.0211. The van der Waals surface area contributed by atoms with Crippen LogP contribution in [0.4, 0.5) is 18.6 Å². The summed E-state index contributed by atoms with van der Waals surface area (Å²) in [4.78, 5) is 25.0. The highest BCUT2D eigenvalue weighted by molar-refractivity contribution is 7.23. The topological polar surface area (TPSA) is 139 Å². The van der Waals surface area contributed by atoms with Crippen LogP contribution in [0.25, 0.3) is 32.1 Å². The highest BCUT2D eigenvalue weighted by Gasteiger charge is 2.41. The van der Waals surface area contributed by atoms with E-state index < -0.39 is 17.7 Å². The Morgan fingerprint density at radius 2 is 2.09 bits per heavy atom. The lowest BCUT2D eigenvalue weighted by molar-refractivity contribution is 0.00874. The van der Waals surface area contributed by atoms with Crippen molar-refractivity contribution in [3.8, 4) is 34.8 Å². The number of ether oxygens (including phenoxy) is 3. The molecule has 0 radical (unpaired) electrons. The number of nitriles is 1. The van der Waals surface area contributed by atoms with Crippen LogP contribution in [0, 0.1) is 28.9 Å². The van der Waals surface area contributed by atoms with Crippen molar-refractivity contribution in [1.82, 2.24) is 25.1 Å². The number of anilines is 1. The third-order valence-corrected chi connectivity index (χ3v) is 10.5. The van der Waals surface area contributed by atoms with Crippen molar-refractivity contribution in [3.63, 3.8) is 0 Å². The van der Waals surface area contributed by atoms with E-state index in [1.54, 1.807) is 11.9 Å². The summed E-state index contributed by atoms with van der Waals surface area (Å²) in [5, 5.41) is 12.8. The second-order valence-corrected chi connectivity index (χ2v) is 13.3. The normalized spacial score (nSPS) is 20.5. The summed E-state index contributed by atoms with van der Waals surface area (Å²) in [6, 6.07) is 4.39. The van der Waals surface area contributed by atoms with Crippen LogP contribution in [0.15, 0.2) is 12.1 Å². The molecule has 3 aliphatic rings. The van der Waals surface area contributed by atoms with Crippen molar-refractivity contribution < 1.29 is 27.8 Å². The Morgan fingerprint density at radius 3 is 2.78 bits per heavy atom. The zero-order chi connectivity index (χ0) is 32.4. The molecule has 2 amide bonds. The van der Waals surface area contributed by atoms with Gasteiger partial charge in [-0.15, -0.1) is 11.3 Å². The molecule has 2 aromatic heterocycles. The number of nitrogen functional groups attached to an aromatic ring is 1. The Hall–Kier alpha value is -4.19. The predicted molar refractivity (Wildman–Crippen MR) is 170 cm³/mol. The molecule has 2 aromatic carbocycles. The van der Waals surface area contributed by atoms with Crippen LogP contribution < -0.4 is 25.3 Å². The number of fused-ring (bicyclic) bond motifs is 1. The standard InChI is InChI=1S/C31H30ClF2N7O4S/c1-13(18-5-4-8-40(18)3)44-30-38-25-22-26(43-12-19(45-29(22)39-30)14-10-41(11-14)31(42)37-2)23(32)21(24(25)34)15-6-7-17(33)27-20(15)16(9-35)28(36)46-27/h6-7,13-14,18-19H,4-5,8,10-12,36H2,1-3H3,(H,37,42)/t13-,18-,19?/m0/s1. The third kappa shape index (κ3) is 4.80. The number of rotatable bonds is 5. The average molecular weight is 670 g/mol. The first-order chi connectivity index (χ1) is 22.1. The average Bonchev–Trinajstić information content (AvgIpc) is 3.53. The van der Waals surface area contributed by atoms with E-state index >= 15 is 4.39 Å². The number of nitrogens with zero attached hydrogens (tertiary/aromatic N) is 5. The maximum absolute atomic E-state index is 16.9. The van der Waals surface area contributed by atoms with Crippen LogP contribution in [-0.4, -0.2) is 84.4 Å². The molecule has 15 heteroatoms.